The minimum absolute atomic E-state index is 0.0162. The number of rotatable bonds is 5. The molecule has 2 saturated heterocycles. The average molecular weight is 305 g/mol. The Hall–Kier alpha value is -1.78. The maximum Gasteiger partial charge on any atom is 0.319 e. The molecular formula is C17H27N3O2. The largest absolute Gasteiger partial charge is 0.335 e. The van der Waals surface area contributed by atoms with E-state index in [0.29, 0.717) is 26.2 Å². The van der Waals surface area contributed by atoms with E-state index in [0.717, 1.165) is 38.8 Å². The highest BCUT2D eigenvalue weighted by atomic mass is 16.2. The number of nitrogens with zero attached hydrogens (tertiary/aromatic N) is 3. The lowest BCUT2D eigenvalue weighted by molar-refractivity contribution is -0.135. The van der Waals surface area contributed by atoms with Gasteiger partial charge in [0.25, 0.3) is 0 Å². The van der Waals surface area contributed by atoms with Crippen LogP contribution in [0.25, 0.3) is 0 Å². The SMILES string of the molecule is C=CCN(CC=C)C(=O)C1CCN(C(=O)N2CCCC2)CC1. The molecule has 0 atom stereocenters. The van der Waals surface area contributed by atoms with Crippen LogP contribution in [0.2, 0.25) is 0 Å². The molecule has 0 saturated carbocycles. The number of piperidine rings is 1. The van der Waals surface area contributed by atoms with Crippen LogP contribution in [0.4, 0.5) is 4.79 Å². The molecule has 0 N–H and O–H groups in total. The monoisotopic (exact) mass is 305 g/mol. The maximum absolute atomic E-state index is 12.5. The van der Waals surface area contributed by atoms with Gasteiger partial charge in [0.2, 0.25) is 5.91 Å². The Labute approximate surface area is 133 Å². The molecular weight excluding hydrogens is 278 g/mol. The number of hydrogen-bond acceptors (Lipinski definition) is 2. The van der Waals surface area contributed by atoms with Crippen molar-refractivity contribution in [1.82, 2.24) is 14.7 Å². The summed E-state index contributed by atoms with van der Waals surface area (Å²) in [7, 11) is 0. The van der Waals surface area contributed by atoms with Gasteiger partial charge in [-0.05, 0) is 25.7 Å². The third-order valence-electron chi connectivity index (χ3n) is 4.50. The van der Waals surface area contributed by atoms with Gasteiger partial charge in [-0.2, -0.15) is 0 Å². The van der Waals surface area contributed by atoms with Crippen LogP contribution >= 0.6 is 0 Å². The van der Waals surface area contributed by atoms with Crippen LogP contribution in [0.1, 0.15) is 25.7 Å². The molecule has 0 bridgehead atoms. The fraction of sp³-hybridized carbons (Fsp3) is 0.647. The Morgan fingerprint density at radius 2 is 1.45 bits per heavy atom. The van der Waals surface area contributed by atoms with Gasteiger partial charge in [-0.3, -0.25) is 4.79 Å². The van der Waals surface area contributed by atoms with Crippen molar-refractivity contribution in [2.45, 2.75) is 25.7 Å². The van der Waals surface area contributed by atoms with Gasteiger partial charge in [0.05, 0.1) is 0 Å². The molecule has 5 nitrogen and oxygen atoms in total. The van der Waals surface area contributed by atoms with Crippen molar-refractivity contribution in [3.8, 4) is 0 Å². The Balaban J connectivity index is 1.85. The highest BCUT2D eigenvalue weighted by Crippen LogP contribution is 2.22. The Kier molecular flexibility index (Phi) is 6.04. The van der Waals surface area contributed by atoms with Gasteiger partial charge in [0.1, 0.15) is 0 Å². The van der Waals surface area contributed by atoms with Gasteiger partial charge in [-0.1, -0.05) is 12.2 Å². The zero-order valence-electron chi connectivity index (χ0n) is 13.4. The van der Waals surface area contributed by atoms with Crippen molar-refractivity contribution >= 4 is 11.9 Å². The summed E-state index contributed by atoms with van der Waals surface area (Å²) < 4.78 is 0. The van der Waals surface area contributed by atoms with Crippen LogP contribution in [-0.4, -0.2) is 65.9 Å². The van der Waals surface area contributed by atoms with E-state index >= 15 is 0 Å². The fourth-order valence-corrected chi connectivity index (χ4v) is 3.25. The first-order valence-corrected chi connectivity index (χ1v) is 8.21. The van der Waals surface area contributed by atoms with Crippen LogP contribution in [-0.2, 0) is 4.79 Å². The molecule has 0 aromatic rings. The van der Waals surface area contributed by atoms with Crippen molar-refractivity contribution in [3.63, 3.8) is 0 Å². The lowest BCUT2D eigenvalue weighted by Crippen LogP contribution is -2.48. The molecule has 2 fully saturated rings. The molecule has 0 aromatic carbocycles. The third kappa shape index (κ3) is 3.90. The first-order chi connectivity index (χ1) is 10.7. The van der Waals surface area contributed by atoms with Crippen LogP contribution in [0.15, 0.2) is 25.3 Å². The number of amides is 3. The second-order valence-corrected chi connectivity index (χ2v) is 6.06. The smallest absolute Gasteiger partial charge is 0.319 e. The summed E-state index contributed by atoms with van der Waals surface area (Å²) >= 11 is 0. The Morgan fingerprint density at radius 3 is 1.95 bits per heavy atom. The zero-order valence-corrected chi connectivity index (χ0v) is 13.4. The molecule has 3 amide bonds. The summed E-state index contributed by atoms with van der Waals surface area (Å²) in [6, 6.07) is 0.150. The second kappa shape index (κ2) is 8.01. The molecule has 0 radical (unpaired) electrons. The lowest BCUT2D eigenvalue weighted by Gasteiger charge is -2.35. The Bertz CT molecular complexity index is 412. The van der Waals surface area contributed by atoms with Gasteiger partial charge in [-0.25, -0.2) is 4.79 Å². The Morgan fingerprint density at radius 1 is 0.955 bits per heavy atom. The fourth-order valence-electron chi connectivity index (χ4n) is 3.25. The minimum atomic E-state index is 0.0162. The van der Waals surface area contributed by atoms with Crippen molar-refractivity contribution in [2.75, 3.05) is 39.3 Å². The second-order valence-electron chi connectivity index (χ2n) is 6.06. The summed E-state index contributed by atoms with van der Waals surface area (Å²) in [6.45, 7) is 11.6. The van der Waals surface area contributed by atoms with Crippen molar-refractivity contribution < 1.29 is 9.59 Å². The molecule has 5 heteroatoms. The number of hydrogen-bond donors (Lipinski definition) is 0. The summed E-state index contributed by atoms with van der Waals surface area (Å²) in [5, 5.41) is 0. The van der Waals surface area contributed by atoms with E-state index < -0.39 is 0 Å². The summed E-state index contributed by atoms with van der Waals surface area (Å²) in [4.78, 5) is 30.5. The summed E-state index contributed by atoms with van der Waals surface area (Å²) in [6.07, 6.45) is 7.21. The molecule has 22 heavy (non-hydrogen) atoms. The molecule has 0 aromatic heterocycles. The topological polar surface area (TPSA) is 43.9 Å². The molecule has 122 valence electrons. The third-order valence-corrected chi connectivity index (χ3v) is 4.50. The number of urea groups is 1. The van der Waals surface area contributed by atoms with Crippen LogP contribution < -0.4 is 0 Å². The minimum Gasteiger partial charge on any atom is -0.335 e. The van der Waals surface area contributed by atoms with Crippen molar-refractivity contribution in [1.29, 1.82) is 0 Å². The van der Waals surface area contributed by atoms with E-state index in [1.165, 1.54) is 0 Å². The predicted octanol–water partition coefficient (Wildman–Crippen LogP) is 2.11. The average Bonchev–Trinajstić information content (AvgIpc) is 3.08. The molecule has 2 heterocycles. The summed E-state index contributed by atoms with van der Waals surface area (Å²) in [5.74, 6) is 0.176. The first kappa shape index (κ1) is 16.6. The normalized spacial score (nSPS) is 19.1. The molecule has 0 spiro atoms. The van der Waals surface area contributed by atoms with Crippen molar-refractivity contribution in [3.05, 3.63) is 25.3 Å². The summed E-state index contributed by atoms with van der Waals surface area (Å²) in [5.41, 5.74) is 0. The standard InChI is InChI=1S/C17H27N3O2/c1-3-9-18(10-4-2)16(21)15-7-13-20(14-8-15)17(22)19-11-5-6-12-19/h3-4,15H,1-2,5-14H2. The van der Waals surface area contributed by atoms with Crippen LogP contribution in [0.5, 0.6) is 0 Å². The quantitative estimate of drug-likeness (QED) is 0.730. The lowest BCUT2D eigenvalue weighted by atomic mass is 9.95. The van der Waals surface area contributed by atoms with Crippen LogP contribution in [0.3, 0.4) is 0 Å². The van der Waals surface area contributed by atoms with Crippen molar-refractivity contribution in [2.24, 2.45) is 5.92 Å². The molecule has 0 unspecified atom stereocenters. The molecule has 2 aliphatic heterocycles. The van der Waals surface area contributed by atoms with Gasteiger partial charge in [0.15, 0.2) is 0 Å². The van der Waals surface area contributed by atoms with Gasteiger partial charge >= 0.3 is 6.03 Å². The highest BCUT2D eigenvalue weighted by Gasteiger charge is 2.31. The van der Waals surface area contributed by atoms with E-state index in [9.17, 15) is 9.59 Å². The van der Waals surface area contributed by atoms with E-state index in [2.05, 4.69) is 13.2 Å². The van der Waals surface area contributed by atoms with E-state index in [1.807, 2.05) is 9.80 Å². The highest BCUT2D eigenvalue weighted by molar-refractivity contribution is 5.80. The van der Waals surface area contributed by atoms with Gasteiger partial charge in [0, 0.05) is 45.2 Å². The van der Waals surface area contributed by atoms with Gasteiger partial charge < -0.3 is 14.7 Å². The molecule has 2 aliphatic rings. The van der Waals surface area contributed by atoms with Crippen LogP contribution in [0, 0.1) is 5.92 Å². The zero-order chi connectivity index (χ0) is 15.9. The number of carbonyl (C=O) groups is 2. The van der Waals surface area contributed by atoms with E-state index in [4.69, 9.17) is 0 Å². The number of likely N-dealkylation sites (tertiary alicyclic amines) is 2. The first-order valence-electron chi connectivity index (χ1n) is 8.21. The van der Waals surface area contributed by atoms with E-state index in [-0.39, 0.29) is 17.9 Å². The number of carbonyl (C=O) groups excluding carboxylic acids is 2. The van der Waals surface area contributed by atoms with Gasteiger partial charge in [-0.15, -0.1) is 13.2 Å². The molecule has 2 rings (SSSR count). The molecule has 0 aliphatic carbocycles. The van der Waals surface area contributed by atoms with E-state index in [1.54, 1.807) is 17.1 Å². The maximum atomic E-state index is 12.5. The predicted molar refractivity (Wildman–Crippen MR) is 87.5 cm³/mol.